The van der Waals surface area contributed by atoms with Crippen LogP contribution in [0.2, 0.25) is 5.02 Å². The van der Waals surface area contributed by atoms with Crippen molar-refractivity contribution in [1.29, 1.82) is 5.26 Å². The molecule has 0 spiro atoms. The van der Waals surface area contributed by atoms with Gasteiger partial charge < -0.3 is 10.4 Å². The van der Waals surface area contributed by atoms with Gasteiger partial charge in [0.05, 0.1) is 23.1 Å². The van der Waals surface area contributed by atoms with E-state index in [4.69, 9.17) is 16.9 Å². The number of halogens is 4. The van der Waals surface area contributed by atoms with Crippen molar-refractivity contribution in [2.45, 2.75) is 47.9 Å². The number of carbonyl (C=O) groups is 1. The Hall–Kier alpha value is -2.21. The Morgan fingerprint density at radius 3 is 2.41 bits per heavy atom. The molecule has 2 aliphatic rings. The van der Waals surface area contributed by atoms with Crippen LogP contribution in [0.25, 0.3) is 0 Å². The molecule has 2 fully saturated rings. The lowest BCUT2D eigenvalue weighted by atomic mass is 9.73. The highest BCUT2D eigenvalue weighted by Gasteiger charge is 2.53. The van der Waals surface area contributed by atoms with E-state index in [1.807, 2.05) is 0 Å². The number of fused-ring (bicyclic) bond motifs is 2. The molecule has 1 amide bonds. The summed E-state index contributed by atoms with van der Waals surface area (Å²) in [4.78, 5) is 13.3. The van der Waals surface area contributed by atoms with E-state index in [2.05, 4.69) is 11.4 Å². The van der Waals surface area contributed by atoms with Gasteiger partial charge in [-0.25, -0.2) is 13.2 Å². The van der Waals surface area contributed by atoms with E-state index in [0.29, 0.717) is 22.1 Å². The number of carbonyl (C=O) groups excluding carboxylic acids is 1. The van der Waals surface area contributed by atoms with Crippen molar-refractivity contribution in [3.8, 4) is 6.07 Å². The summed E-state index contributed by atoms with van der Waals surface area (Å²) >= 11 is 7.87. The van der Waals surface area contributed by atoms with Crippen molar-refractivity contribution in [3.05, 3.63) is 58.4 Å². The minimum atomic E-state index is -1.60. The maximum absolute atomic E-state index is 13.4. The monoisotopic (exact) mass is 480 g/mol. The Balaban J connectivity index is 1.48. The maximum Gasteiger partial charge on any atom is 0.255 e. The molecule has 2 aromatic carbocycles. The first kappa shape index (κ1) is 23.0. The maximum atomic E-state index is 13.4. The van der Waals surface area contributed by atoms with E-state index in [-0.39, 0.29) is 34.8 Å². The Morgan fingerprint density at radius 1 is 1.19 bits per heavy atom. The lowest BCUT2D eigenvalue weighted by Crippen LogP contribution is -2.45. The molecule has 0 aliphatic heterocycles. The topological polar surface area (TPSA) is 73.1 Å². The van der Waals surface area contributed by atoms with Gasteiger partial charge in [0.15, 0.2) is 17.5 Å². The SMILES string of the molecule is N#CC[C@@]1(O)C2CC[C@H]1C[C@H](Sc1cc(C(=O)Nc3cc(F)c(F)c(F)c3)ccc1Cl)C2. The highest BCUT2D eigenvalue weighted by atomic mass is 35.5. The smallest absolute Gasteiger partial charge is 0.255 e. The number of amides is 1. The van der Waals surface area contributed by atoms with Crippen LogP contribution in [0.15, 0.2) is 35.2 Å². The number of nitrogens with zero attached hydrogens (tertiary/aromatic N) is 1. The molecule has 4 rings (SSSR count). The molecule has 2 N–H and O–H groups in total. The predicted octanol–water partition coefficient (Wildman–Crippen LogP) is 5.94. The number of hydrogen-bond acceptors (Lipinski definition) is 4. The van der Waals surface area contributed by atoms with Gasteiger partial charge in [0.25, 0.3) is 5.91 Å². The van der Waals surface area contributed by atoms with Gasteiger partial charge in [-0.05, 0) is 55.7 Å². The summed E-state index contributed by atoms with van der Waals surface area (Å²) in [5.74, 6) is -4.87. The summed E-state index contributed by atoms with van der Waals surface area (Å²) in [5.41, 5.74) is -0.880. The molecule has 32 heavy (non-hydrogen) atoms. The molecule has 2 bridgehead atoms. The van der Waals surface area contributed by atoms with Crippen molar-refractivity contribution in [3.63, 3.8) is 0 Å². The van der Waals surface area contributed by atoms with Gasteiger partial charge in [0.2, 0.25) is 0 Å². The number of aliphatic hydroxyl groups is 1. The van der Waals surface area contributed by atoms with Crippen molar-refractivity contribution in [2.24, 2.45) is 11.8 Å². The number of hydrogen-bond donors (Lipinski definition) is 2. The second-order valence-electron chi connectivity index (χ2n) is 8.36. The molecule has 0 heterocycles. The third-order valence-electron chi connectivity index (χ3n) is 6.46. The lowest BCUT2D eigenvalue weighted by molar-refractivity contribution is -0.0534. The predicted molar refractivity (Wildman–Crippen MR) is 116 cm³/mol. The van der Waals surface area contributed by atoms with E-state index in [9.17, 15) is 23.1 Å². The van der Waals surface area contributed by atoms with Gasteiger partial charge >= 0.3 is 0 Å². The number of anilines is 1. The first-order valence-electron chi connectivity index (χ1n) is 10.2. The first-order valence-corrected chi connectivity index (χ1v) is 11.5. The van der Waals surface area contributed by atoms with Crippen LogP contribution in [0.3, 0.4) is 0 Å². The molecule has 1 unspecified atom stereocenters. The van der Waals surface area contributed by atoms with Gasteiger partial charge in [-0.15, -0.1) is 11.8 Å². The van der Waals surface area contributed by atoms with Crippen LogP contribution < -0.4 is 5.32 Å². The Kier molecular flexibility index (Phi) is 6.44. The lowest BCUT2D eigenvalue weighted by Gasteiger charge is -2.41. The minimum absolute atomic E-state index is 0.0620. The highest BCUT2D eigenvalue weighted by molar-refractivity contribution is 8.00. The van der Waals surface area contributed by atoms with Crippen molar-refractivity contribution in [2.75, 3.05) is 5.32 Å². The number of benzene rings is 2. The highest BCUT2D eigenvalue weighted by Crippen LogP contribution is 2.54. The summed E-state index contributed by atoms with van der Waals surface area (Å²) in [6.45, 7) is 0. The number of rotatable bonds is 5. The van der Waals surface area contributed by atoms with Crippen molar-refractivity contribution >= 4 is 35.0 Å². The molecule has 168 valence electrons. The Morgan fingerprint density at radius 2 is 1.81 bits per heavy atom. The van der Waals surface area contributed by atoms with Gasteiger partial charge in [0.1, 0.15) is 0 Å². The molecule has 0 radical (unpaired) electrons. The van der Waals surface area contributed by atoms with E-state index in [1.54, 1.807) is 12.1 Å². The molecule has 9 heteroatoms. The van der Waals surface area contributed by atoms with Crippen molar-refractivity contribution < 1.29 is 23.1 Å². The molecule has 4 atom stereocenters. The summed E-state index contributed by atoms with van der Waals surface area (Å²) < 4.78 is 40.0. The third-order valence-corrected chi connectivity index (χ3v) is 8.21. The standard InChI is InChI=1S/C23H20ClF3N2O2S/c24-17-4-1-12(22(30)29-15-10-18(25)21(27)19(26)11-15)7-20(17)32-16-8-13-2-3-14(9-16)23(13,31)5-6-28/h1,4,7,10-11,13-14,16,31H,2-3,5,8-9H2,(H,29,30)/t13-,14?,16-,23-/m0/s1. The third kappa shape index (κ3) is 4.34. The average molecular weight is 481 g/mol. The van der Waals surface area contributed by atoms with Crippen LogP contribution >= 0.6 is 23.4 Å². The quantitative estimate of drug-likeness (QED) is 0.520. The number of nitriles is 1. The molecule has 0 saturated heterocycles. The second kappa shape index (κ2) is 8.97. The molecule has 2 aliphatic carbocycles. The van der Waals surface area contributed by atoms with Crippen LogP contribution in [0.4, 0.5) is 18.9 Å². The van der Waals surface area contributed by atoms with E-state index >= 15 is 0 Å². The Bertz CT molecular complexity index is 1070. The molecule has 2 aromatic rings. The minimum Gasteiger partial charge on any atom is -0.388 e. The first-order chi connectivity index (χ1) is 15.2. The van der Waals surface area contributed by atoms with E-state index < -0.39 is 29.0 Å². The van der Waals surface area contributed by atoms with Gasteiger partial charge in [0, 0.05) is 33.5 Å². The van der Waals surface area contributed by atoms with Crippen LogP contribution in [-0.2, 0) is 0 Å². The summed E-state index contributed by atoms with van der Waals surface area (Å²) in [7, 11) is 0. The van der Waals surface area contributed by atoms with E-state index in [1.165, 1.54) is 17.8 Å². The molecular weight excluding hydrogens is 461 g/mol. The second-order valence-corrected chi connectivity index (χ2v) is 10.1. The zero-order valence-corrected chi connectivity index (χ0v) is 18.4. The fourth-order valence-corrected chi connectivity index (χ4v) is 6.51. The van der Waals surface area contributed by atoms with Crippen LogP contribution in [0.5, 0.6) is 0 Å². The molecule has 2 saturated carbocycles. The van der Waals surface area contributed by atoms with Crippen molar-refractivity contribution in [1.82, 2.24) is 0 Å². The zero-order valence-electron chi connectivity index (χ0n) is 16.9. The summed E-state index contributed by atoms with van der Waals surface area (Å²) in [6.07, 6.45) is 3.42. The summed E-state index contributed by atoms with van der Waals surface area (Å²) in [6, 6.07) is 8.21. The zero-order chi connectivity index (χ0) is 23.0. The molecule has 0 aromatic heterocycles. The fraction of sp³-hybridized carbons (Fsp3) is 0.391. The number of nitrogens with one attached hydrogen (secondary N) is 1. The van der Waals surface area contributed by atoms with Crippen LogP contribution in [-0.4, -0.2) is 21.9 Å². The van der Waals surface area contributed by atoms with Crippen LogP contribution in [0, 0.1) is 40.6 Å². The van der Waals surface area contributed by atoms with E-state index in [0.717, 1.165) is 25.7 Å². The normalized spacial score (nSPS) is 26.6. The number of thioether (sulfide) groups is 1. The molecule has 4 nitrogen and oxygen atoms in total. The van der Waals surface area contributed by atoms with Gasteiger partial charge in [-0.1, -0.05) is 11.6 Å². The summed E-state index contributed by atoms with van der Waals surface area (Å²) in [5, 5.41) is 23.0. The largest absolute Gasteiger partial charge is 0.388 e. The average Bonchev–Trinajstić information content (AvgIpc) is 2.90. The van der Waals surface area contributed by atoms with Gasteiger partial charge in [-0.2, -0.15) is 5.26 Å². The fourth-order valence-electron chi connectivity index (χ4n) is 4.87. The molecular formula is C23H20ClF3N2O2S. The van der Waals surface area contributed by atoms with Gasteiger partial charge in [-0.3, -0.25) is 4.79 Å². The van der Waals surface area contributed by atoms with Crippen LogP contribution in [0.1, 0.15) is 42.5 Å². The Labute approximate surface area is 192 Å².